The van der Waals surface area contributed by atoms with Crippen molar-refractivity contribution in [2.24, 2.45) is 5.92 Å². The average Bonchev–Trinajstić information content (AvgIpc) is 3.10. The van der Waals surface area contributed by atoms with Crippen LogP contribution in [0.25, 0.3) is 16.9 Å². The van der Waals surface area contributed by atoms with E-state index in [-0.39, 0.29) is 11.9 Å². The van der Waals surface area contributed by atoms with Crippen LogP contribution in [-0.4, -0.2) is 44.2 Å². The summed E-state index contributed by atoms with van der Waals surface area (Å²) in [5, 5.41) is 4.85. The van der Waals surface area contributed by atoms with Gasteiger partial charge in [0.2, 0.25) is 0 Å². The Morgan fingerprint density at radius 2 is 2.00 bits per heavy atom. The first-order chi connectivity index (χ1) is 13.9. The van der Waals surface area contributed by atoms with Gasteiger partial charge in [0.25, 0.3) is 0 Å². The van der Waals surface area contributed by atoms with Crippen LogP contribution < -0.4 is 4.90 Å². The van der Waals surface area contributed by atoms with Gasteiger partial charge in [0.15, 0.2) is 5.65 Å². The molecule has 0 bridgehead atoms. The van der Waals surface area contributed by atoms with Crippen molar-refractivity contribution in [3.63, 3.8) is 0 Å². The predicted molar refractivity (Wildman–Crippen MR) is 112 cm³/mol. The van der Waals surface area contributed by atoms with Crippen molar-refractivity contribution in [3.05, 3.63) is 42.9 Å². The van der Waals surface area contributed by atoms with Crippen LogP contribution in [0, 0.1) is 5.92 Å². The van der Waals surface area contributed by atoms with Gasteiger partial charge in [0.1, 0.15) is 11.4 Å². The Bertz CT molecular complexity index is 993. The number of piperidine rings is 1. The Balaban J connectivity index is 1.52. The zero-order chi connectivity index (χ0) is 20.4. The second kappa shape index (κ2) is 7.81. The SMILES string of the molecule is CC(C)(C)OC(=O)CC1CCCN(c2ccc3ncc(-c4ccncc4)n3n2)C1. The largest absolute Gasteiger partial charge is 0.460 e. The van der Waals surface area contributed by atoms with E-state index in [9.17, 15) is 4.79 Å². The van der Waals surface area contributed by atoms with E-state index < -0.39 is 5.60 Å². The number of carbonyl (C=O) groups excluding carboxylic acids is 1. The number of aromatic nitrogens is 4. The van der Waals surface area contributed by atoms with Gasteiger partial charge in [-0.15, -0.1) is 5.10 Å². The van der Waals surface area contributed by atoms with Crippen LogP contribution in [0.4, 0.5) is 5.82 Å². The summed E-state index contributed by atoms with van der Waals surface area (Å²) in [6.07, 6.45) is 7.89. The van der Waals surface area contributed by atoms with Crippen molar-refractivity contribution in [1.29, 1.82) is 0 Å². The van der Waals surface area contributed by atoms with Gasteiger partial charge in [-0.2, -0.15) is 0 Å². The molecule has 7 heteroatoms. The lowest BCUT2D eigenvalue weighted by atomic mass is 9.95. The highest BCUT2D eigenvalue weighted by molar-refractivity contribution is 5.70. The number of carbonyl (C=O) groups is 1. The minimum atomic E-state index is -0.442. The van der Waals surface area contributed by atoms with Gasteiger partial charge in [-0.3, -0.25) is 9.78 Å². The van der Waals surface area contributed by atoms with Crippen LogP contribution >= 0.6 is 0 Å². The molecular formula is C22H27N5O2. The van der Waals surface area contributed by atoms with Gasteiger partial charge in [0, 0.05) is 31.0 Å². The summed E-state index contributed by atoms with van der Waals surface area (Å²) in [7, 11) is 0. The van der Waals surface area contributed by atoms with Gasteiger partial charge in [-0.1, -0.05) is 0 Å². The maximum atomic E-state index is 12.2. The Labute approximate surface area is 170 Å². The smallest absolute Gasteiger partial charge is 0.306 e. The van der Waals surface area contributed by atoms with Crippen molar-refractivity contribution in [2.45, 2.75) is 45.6 Å². The van der Waals surface area contributed by atoms with E-state index in [4.69, 9.17) is 9.84 Å². The molecule has 1 aliphatic heterocycles. The number of hydrogen-bond acceptors (Lipinski definition) is 6. The Morgan fingerprint density at radius 3 is 2.76 bits per heavy atom. The first kappa shape index (κ1) is 19.4. The molecule has 0 amide bonds. The fourth-order valence-corrected chi connectivity index (χ4v) is 3.81. The molecule has 0 aliphatic carbocycles. The molecule has 7 nitrogen and oxygen atoms in total. The van der Waals surface area contributed by atoms with E-state index in [1.165, 1.54) is 0 Å². The summed E-state index contributed by atoms with van der Waals surface area (Å²) in [5.74, 6) is 1.06. The van der Waals surface area contributed by atoms with E-state index in [1.807, 2.05) is 55.7 Å². The molecule has 29 heavy (non-hydrogen) atoms. The zero-order valence-corrected chi connectivity index (χ0v) is 17.2. The first-order valence-electron chi connectivity index (χ1n) is 10.1. The Kier molecular flexibility index (Phi) is 5.22. The predicted octanol–water partition coefficient (Wildman–Crippen LogP) is 3.74. The fourth-order valence-electron chi connectivity index (χ4n) is 3.81. The molecule has 0 aromatic carbocycles. The molecule has 4 rings (SSSR count). The van der Waals surface area contributed by atoms with Crippen molar-refractivity contribution >= 4 is 17.4 Å². The molecule has 152 valence electrons. The molecule has 1 aliphatic rings. The van der Waals surface area contributed by atoms with E-state index in [2.05, 4.69) is 14.9 Å². The molecule has 3 aromatic heterocycles. The van der Waals surface area contributed by atoms with Crippen LogP contribution in [0.15, 0.2) is 42.9 Å². The highest BCUT2D eigenvalue weighted by atomic mass is 16.6. The van der Waals surface area contributed by atoms with E-state index in [0.29, 0.717) is 6.42 Å². The molecule has 1 saturated heterocycles. The first-order valence-corrected chi connectivity index (χ1v) is 10.1. The quantitative estimate of drug-likeness (QED) is 0.629. The van der Waals surface area contributed by atoms with Crippen molar-refractivity contribution in [1.82, 2.24) is 19.6 Å². The molecule has 1 fully saturated rings. The number of fused-ring (bicyclic) bond motifs is 1. The molecule has 0 saturated carbocycles. The summed E-state index contributed by atoms with van der Waals surface area (Å²) < 4.78 is 7.38. The third-order valence-corrected chi connectivity index (χ3v) is 5.04. The zero-order valence-electron chi connectivity index (χ0n) is 17.2. The number of hydrogen-bond donors (Lipinski definition) is 0. The normalized spacial score (nSPS) is 17.5. The molecule has 0 radical (unpaired) electrons. The number of imidazole rings is 1. The van der Waals surface area contributed by atoms with Crippen LogP contribution in [0.5, 0.6) is 0 Å². The summed E-state index contributed by atoms with van der Waals surface area (Å²) >= 11 is 0. The van der Waals surface area contributed by atoms with Gasteiger partial charge >= 0.3 is 5.97 Å². The molecule has 3 aromatic rings. The topological polar surface area (TPSA) is 72.6 Å². The van der Waals surface area contributed by atoms with E-state index in [0.717, 1.165) is 48.7 Å². The average molecular weight is 393 g/mol. The minimum Gasteiger partial charge on any atom is -0.460 e. The number of rotatable bonds is 4. The lowest BCUT2D eigenvalue weighted by molar-refractivity contribution is -0.156. The molecule has 0 N–H and O–H groups in total. The fraction of sp³-hybridized carbons (Fsp3) is 0.455. The molecule has 1 unspecified atom stereocenters. The lowest BCUT2D eigenvalue weighted by Gasteiger charge is -2.33. The van der Waals surface area contributed by atoms with Gasteiger partial charge in [-0.05, 0) is 63.8 Å². The molecule has 4 heterocycles. The number of pyridine rings is 1. The van der Waals surface area contributed by atoms with Gasteiger partial charge in [0.05, 0.1) is 18.3 Å². The summed E-state index contributed by atoms with van der Waals surface area (Å²) in [4.78, 5) is 23.1. The molecular weight excluding hydrogens is 366 g/mol. The Hall–Kier alpha value is -2.96. The van der Waals surface area contributed by atoms with Gasteiger partial charge in [-0.25, -0.2) is 9.50 Å². The van der Waals surface area contributed by atoms with Crippen LogP contribution in [0.2, 0.25) is 0 Å². The number of ether oxygens (including phenoxy) is 1. The van der Waals surface area contributed by atoms with Crippen LogP contribution in [0.1, 0.15) is 40.0 Å². The highest BCUT2D eigenvalue weighted by Crippen LogP contribution is 2.26. The van der Waals surface area contributed by atoms with Crippen LogP contribution in [0.3, 0.4) is 0 Å². The Morgan fingerprint density at radius 1 is 1.21 bits per heavy atom. The van der Waals surface area contributed by atoms with Crippen molar-refractivity contribution in [3.8, 4) is 11.3 Å². The lowest BCUT2D eigenvalue weighted by Crippen LogP contribution is -2.37. The maximum Gasteiger partial charge on any atom is 0.306 e. The van der Waals surface area contributed by atoms with Crippen LogP contribution in [-0.2, 0) is 9.53 Å². The third kappa shape index (κ3) is 4.55. The molecule has 0 spiro atoms. The second-order valence-corrected chi connectivity index (χ2v) is 8.59. The van der Waals surface area contributed by atoms with Crippen molar-refractivity contribution < 1.29 is 9.53 Å². The standard InChI is InChI=1S/C22H27N5O2/c1-22(2,3)29-21(28)13-16-5-4-12-26(15-16)20-7-6-19-24-14-18(27(19)25-20)17-8-10-23-11-9-17/h6-11,14,16H,4-5,12-13,15H2,1-3H3. The van der Waals surface area contributed by atoms with Crippen molar-refractivity contribution in [2.75, 3.05) is 18.0 Å². The highest BCUT2D eigenvalue weighted by Gasteiger charge is 2.26. The third-order valence-electron chi connectivity index (χ3n) is 5.04. The number of nitrogens with zero attached hydrogens (tertiary/aromatic N) is 5. The van der Waals surface area contributed by atoms with E-state index in [1.54, 1.807) is 12.4 Å². The summed E-state index contributed by atoms with van der Waals surface area (Å²) in [6.45, 7) is 7.45. The maximum absolute atomic E-state index is 12.2. The van der Waals surface area contributed by atoms with E-state index >= 15 is 0 Å². The summed E-state index contributed by atoms with van der Waals surface area (Å²) in [5.41, 5.74) is 2.33. The summed E-state index contributed by atoms with van der Waals surface area (Å²) in [6, 6.07) is 7.91. The number of esters is 1. The molecule has 1 atom stereocenters. The monoisotopic (exact) mass is 393 g/mol. The number of anilines is 1. The second-order valence-electron chi connectivity index (χ2n) is 8.59. The minimum absolute atomic E-state index is 0.123. The van der Waals surface area contributed by atoms with Gasteiger partial charge < -0.3 is 9.64 Å².